The molecule has 2 aromatic rings. The van der Waals surface area contributed by atoms with Gasteiger partial charge in [0.25, 0.3) is 0 Å². The van der Waals surface area contributed by atoms with E-state index in [1.165, 1.54) is 0 Å². The first kappa shape index (κ1) is 15.8. The number of hydrogen-bond acceptors (Lipinski definition) is 6. The molecule has 2 heterocycles. The zero-order valence-corrected chi connectivity index (χ0v) is 12.9. The Morgan fingerprint density at radius 1 is 1.30 bits per heavy atom. The summed E-state index contributed by atoms with van der Waals surface area (Å²) in [6.07, 6.45) is 1.69. The van der Waals surface area contributed by atoms with Crippen LogP contribution < -0.4 is 10.5 Å². The Morgan fingerprint density at radius 2 is 1.96 bits per heavy atom. The van der Waals surface area contributed by atoms with Gasteiger partial charge in [0, 0.05) is 25.0 Å². The van der Waals surface area contributed by atoms with Crippen LogP contribution in [-0.4, -0.2) is 30.6 Å². The first-order valence-electron chi connectivity index (χ1n) is 7.03. The van der Waals surface area contributed by atoms with E-state index in [1.54, 1.807) is 0 Å². The summed E-state index contributed by atoms with van der Waals surface area (Å²) in [7, 11) is 0. The third kappa shape index (κ3) is 3.32. The third-order valence-electron chi connectivity index (χ3n) is 3.49. The molecule has 1 fully saturated rings. The topological polar surface area (TPSA) is 74.4 Å². The molecule has 0 unspecified atom stereocenters. The molecule has 0 bridgehead atoms. The fraction of sp³-hybridized carbons (Fsp3) is 0.333. The average Bonchev–Trinajstić information content (AvgIpc) is 2.88. The lowest BCUT2D eigenvalue weighted by atomic mass is 10.1. The van der Waals surface area contributed by atoms with Crippen LogP contribution in [0.1, 0.15) is 23.3 Å². The molecule has 3 rings (SSSR count). The number of carbonyl (C=O) groups is 1. The highest BCUT2D eigenvalue weighted by Gasteiger charge is 2.21. The van der Waals surface area contributed by atoms with Gasteiger partial charge in [-0.2, -0.15) is 0 Å². The van der Waals surface area contributed by atoms with E-state index in [0.717, 1.165) is 23.5 Å². The number of rotatable bonds is 4. The second-order valence-corrected chi connectivity index (χ2v) is 6.11. The minimum atomic E-state index is -0.807. The van der Waals surface area contributed by atoms with Crippen molar-refractivity contribution < 1.29 is 23.0 Å². The Labute approximate surface area is 135 Å². The molecule has 1 saturated heterocycles. The molecule has 0 spiro atoms. The number of aldehydes is 1. The highest BCUT2D eigenvalue weighted by atomic mass is 32.1. The summed E-state index contributed by atoms with van der Waals surface area (Å²) >= 11 is 0.860. The van der Waals surface area contributed by atoms with Gasteiger partial charge in [0.15, 0.2) is 6.29 Å². The van der Waals surface area contributed by atoms with E-state index in [4.69, 9.17) is 15.2 Å². The number of ether oxygens (including phenoxy) is 2. The van der Waals surface area contributed by atoms with Gasteiger partial charge in [-0.3, -0.25) is 4.79 Å². The maximum Gasteiger partial charge on any atom is 0.171 e. The molecule has 0 radical (unpaired) electrons. The maximum absolute atomic E-state index is 14.3. The molecule has 0 aliphatic carbocycles. The van der Waals surface area contributed by atoms with Crippen molar-refractivity contribution in [3.8, 4) is 16.3 Å². The predicted octanol–water partition coefficient (Wildman–Crippen LogP) is 3.04. The number of nitrogens with zero attached hydrogens (tertiary/aromatic N) is 1. The molecular weight excluding hydrogens is 326 g/mol. The van der Waals surface area contributed by atoms with Crippen LogP contribution in [0.2, 0.25) is 0 Å². The largest absolute Gasteiger partial charge is 0.490 e. The molecular formula is C15H14F2N2O3S. The normalized spacial score (nSPS) is 15.6. The number of benzene rings is 1. The first-order valence-corrected chi connectivity index (χ1v) is 7.85. The van der Waals surface area contributed by atoms with Crippen LogP contribution in [0.5, 0.6) is 5.75 Å². The molecule has 5 nitrogen and oxygen atoms in total. The molecule has 2 N–H and O–H groups in total. The summed E-state index contributed by atoms with van der Waals surface area (Å²) in [5.74, 6) is -1.49. The van der Waals surface area contributed by atoms with E-state index >= 15 is 0 Å². The molecule has 0 amide bonds. The summed E-state index contributed by atoms with van der Waals surface area (Å²) in [5, 5.41) is 0.147. The van der Waals surface area contributed by atoms with E-state index < -0.39 is 11.6 Å². The Kier molecular flexibility index (Phi) is 4.53. The van der Waals surface area contributed by atoms with Crippen molar-refractivity contribution in [3.63, 3.8) is 0 Å². The number of carbonyl (C=O) groups excluding carboxylic acids is 1. The van der Waals surface area contributed by atoms with E-state index in [1.807, 2.05) is 0 Å². The molecule has 0 atom stereocenters. The molecule has 1 aliphatic heterocycles. The van der Waals surface area contributed by atoms with Crippen molar-refractivity contribution in [1.29, 1.82) is 0 Å². The lowest BCUT2D eigenvalue weighted by Crippen LogP contribution is -2.25. The van der Waals surface area contributed by atoms with Gasteiger partial charge in [0.1, 0.15) is 39.2 Å². The molecule has 1 aliphatic rings. The van der Waals surface area contributed by atoms with Crippen molar-refractivity contribution in [2.75, 3.05) is 18.9 Å². The average molecular weight is 340 g/mol. The minimum Gasteiger partial charge on any atom is -0.490 e. The van der Waals surface area contributed by atoms with Crippen LogP contribution in [0, 0.1) is 11.6 Å². The van der Waals surface area contributed by atoms with Crippen LogP contribution >= 0.6 is 11.3 Å². The minimum absolute atomic E-state index is 0.0219. The van der Waals surface area contributed by atoms with Crippen molar-refractivity contribution >= 4 is 22.6 Å². The molecule has 1 aromatic carbocycles. The Hall–Kier alpha value is -2.06. The smallest absolute Gasteiger partial charge is 0.171 e. The fourth-order valence-electron chi connectivity index (χ4n) is 2.34. The Balaban J connectivity index is 1.88. The van der Waals surface area contributed by atoms with Crippen molar-refractivity contribution in [2.45, 2.75) is 18.9 Å². The Morgan fingerprint density at radius 3 is 2.52 bits per heavy atom. The number of halogens is 2. The van der Waals surface area contributed by atoms with Gasteiger partial charge in [-0.1, -0.05) is 11.3 Å². The van der Waals surface area contributed by atoms with Crippen molar-refractivity contribution in [3.05, 3.63) is 29.5 Å². The number of nitrogens with two attached hydrogens (primary N) is 1. The van der Waals surface area contributed by atoms with E-state index in [2.05, 4.69) is 4.98 Å². The van der Waals surface area contributed by atoms with E-state index in [0.29, 0.717) is 32.3 Å². The summed E-state index contributed by atoms with van der Waals surface area (Å²) in [4.78, 5) is 14.6. The van der Waals surface area contributed by atoms with Gasteiger partial charge >= 0.3 is 0 Å². The fourth-order valence-corrected chi connectivity index (χ4v) is 3.19. The SMILES string of the molecule is Nc1sc(-c2c(F)cc(OC3CCOCC3)cc2F)nc1C=O. The summed E-state index contributed by atoms with van der Waals surface area (Å²) in [5.41, 5.74) is 5.25. The third-order valence-corrected chi connectivity index (χ3v) is 4.41. The lowest BCUT2D eigenvalue weighted by Gasteiger charge is -2.23. The number of hydrogen-bond donors (Lipinski definition) is 1. The summed E-state index contributed by atoms with van der Waals surface area (Å²) < 4.78 is 39.4. The standard InChI is InChI=1S/C15H14F2N2O3S/c16-10-5-9(22-8-1-3-21-4-2-8)6-11(17)13(10)15-19-12(7-20)14(18)23-15/h5-8H,1-4,18H2. The highest BCUT2D eigenvalue weighted by molar-refractivity contribution is 7.19. The second-order valence-electron chi connectivity index (χ2n) is 5.08. The summed E-state index contributed by atoms with van der Waals surface area (Å²) in [6, 6.07) is 2.23. The van der Waals surface area contributed by atoms with Gasteiger partial charge in [-0.15, -0.1) is 0 Å². The van der Waals surface area contributed by atoms with Gasteiger partial charge in [-0.05, 0) is 0 Å². The quantitative estimate of drug-likeness (QED) is 0.866. The second kappa shape index (κ2) is 6.59. The van der Waals surface area contributed by atoms with Crippen LogP contribution in [0.4, 0.5) is 13.8 Å². The summed E-state index contributed by atoms with van der Waals surface area (Å²) in [6.45, 7) is 1.14. The number of nitrogen functional groups attached to an aromatic ring is 1. The molecule has 23 heavy (non-hydrogen) atoms. The van der Waals surface area contributed by atoms with Crippen molar-refractivity contribution in [1.82, 2.24) is 4.98 Å². The highest BCUT2D eigenvalue weighted by Crippen LogP contribution is 2.35. The van der Waals surface area contributed by atoms with Gasteiger partial charge in [-0.25, -0.2) is 13.8 Å². The molecule has 1 aromatic heterocycles. The Bertz CT molecular complexity index is 707. The van der Waals surface area contributed by atoms with Crippen LogP contribution in [0.25, 0.3) is 10.6 Å². The van der Waals surface area contributed by atoms with Crippen LogP contribution in [0.15, 0.2) is 12.1 Å². The number of aromatic nitrogens is 1. The zero-order valence-electron chi connectivity index (χ0n) is 12.1. The van der Waals surface area contributed by atoms with Gasteiger partial charge < -0.3 is 15.2 Å². The van der Waals surface area contributed by atoms with E-state index in [-0.39, 0.29) is 33.1 Å². The predicted molar refractivity (Wildman–Crippen MR) is 81.7 cm³/mol. The molecule has 8 heteroatoms. The molecule has 122 valence electrons. The van der Waals surface area contributed by atoms with E-state index in [9.17, 15) is 13.6 Å². The van der Waals surface area contributed by atoms with Gasteiger partial charge in [0.05, 0.1) is 18.8 Å². The number of thiazole rings is 1. The monoisotopic (exact) mass is 340 g/mol. The van der Waals surface area contributed by atoms with Crippen LogP contribution in [0.3, 0.4) is 0 Å². The van der Waals surface area contributed by atoms with Gasteiger partial charge in [0.2, 0.25) is 0 Å². The maximum atomic E-state index is 14.3. The van der Waals surface area contributed by atoms with Crippen LogP contribution in [-0.2, 0) is 4.74 Å². The lowest BCUT2D eigenvalue weighted by molar-refractivity contribution is 0.0253. The first-order chi connectivity index (χ1) is 11.1. The zero-order chi connectivity index (χ0) is 16.4. The molecule has 0 saturated carbocycles. The number of anilines is 1. The van der Waals surface area contributed by atoms with Crippen molar-refractivity contribution in [2.24, 2.45) is 0 Å².